The van der Waals surface area contributed by atoms with Crippen LogP contribution in [0.15, 0.2) is 21.1 Å². The molecule has 1 fully saturated rings. The summed E-state index contributed by atoms with van der Waals surface area (Å²) in [5, 5.41) is 8.11. The number of hydrogen-bond donors (Lipinski definition) is 1. The summed E-state index contributed by atoms with van der Waals surface area (Å²) in [6.45, 7) is 6.38. The molecule has 0 bridgehead atoms. The van der Waals surface area contributed by atoms with Gasteiger partial charge in [-0.15, -0.1) is 24.8 Å². The standard InChI is InChI=1S/C16H24N4S2.2ClH/c1-15(2)10-17-13(18-15)21-8-12-9-22-14-19-16(11-20(12)14)6-4-3-5-7-16;;/h9H,3-8,10-11H2,1-2H3,(H,17,18);2*1H. The largest absolute Gasteiger partial charge is 0.358 e. The van der Waals surface area contributed by atoms with E-state index in [0.717, 1.165) is 24.0 Å². The van der Waals surface area contributed by atoms with Crippen LogP contribution in [0.3, 0.4) is 0 Å². The number of aliphatic imine (C=N–C) groups is 2. The molecule has 1 N–H and O–H groups in total. The molecule has 8 heteroatoms. The highest BCUT2D eigenvalue weighted by Crippen LogP contribution is 2.43. The van der Waals surface area contributed by atoms with Gasteiger partial charge in [0.05, 0.1) is 24.2 Å². The second-order valence-electron chi connectivity index (χ2n) is 7.41. The van der Waals surface area contributed by atoms with Crippen molar-refractivity contribution in [2.45, 2.75) is 57.0 Å². The molecule has 1 spiro atoms. The maximum atomic E-state index is 5.09. The van der Waals surface area contributed by atoms with Gasteiger partial charge in [0, 0.05) is 11.4 Å². The number of amidine groups is 2. The van der Waals surface area contributed by atoms with Gasteiger partial charge in [-0.1, -0.05) is 42.8 Å². The van der Waals surface area contributed by atoms with Crippen LogP contribution in [-0.2, 0) is 0 Å². The van der Waals surface area contributed by atoms with Crippen LogP contribution >= 0.6 is 48.3 Å². The Bertz CT molecular complexity index is 568. The predicted octanol–water partition coefficient (Wildman–Crippen LogP) is 4.26. The molecule has 0 atom stereocenters. The Balaban J connectivity index is 0.00000104. The highest BCUT2D eigenvalue weighted by Gasteiger charge is 2.43. The van der Waals surface area contributed by atoms with E-state index in [4.69, 9.17) is 4.99 Å². The molecule has 0 aromatic heterocycles. The maximum Gasteiger partial charge on any atom is 0.168 e. The Morgan fingerprint density at radius 1 is 1.25 bits per heavy atom. The van der Waals surface area contributed by atoms with E-state index in [1.54, 1.807) is 0 Å². The first-order chi connectivity index (χ1) is 10.6. The SMILES string of the molecule is CC1(C)CN=C(SCC2=CSC3=NC4(CCCCC4)CN23)N1.Cl.Cl. The molecule has 4 aliphatic rings. The normalized spacial score (nSPS) is 25.9. The first-order valence-electron chi connectivity index (χ1n) is 8.24. The Morgan fingerprint density at radius 2 is 2.00 bits per heavy atom. The molecule has 0 aromatic carbocycles. The zero-order chi connectivity index (χ0) is 15.2. The minimum atomic E-state index is 0. The van der Waals surface area contributed by atoms with Crippen molar-refractivity contribution < 1.29 is 0 Å². The number of fused-ring (bicyclic) bond motifs is 1. The second-order valence-corrected chi connectivity index (χ2v) is 9.21. The molecule has 0 aromatic rings. The third-order valence-electron chi connectivity index (χ3n) is 4.87. The average molecular weight is 409 g/mol. The molecule has 0 amide bonds. The lowest BCUT2D eigenvalue weighted by Crippen LogP contribution is -2.39. The van der Waals surface area contributed by atoms with Gasteiger partial charge in [-0.05, 0) is 32.1 Å². The topological polar surface area (TPSA) is 40.0 Å². The first-order valence-corrected chi connectivity index (χ1v) is 10.1. The van der Waals surface area contributed by atoms with E-state index < -0.39 is 0 Å². The fraction of sp³-hybridized carbons (Fsp3) is 0.750. The minimum absolute atomic E-state index is 0. The molecule has 3 aliphatic heterocycles. The summed E-state index contributed by atoms with van der Waals surface area (Å²) in [5.74, 6) is 0.990. The number of nitrogens with zero attached hydrogens (tertiary/aromatic N) is 3. The van der Waals surface area contributed by atoms with E-state index in [0.29, 0.717) is 0 Å². The second kappa shape index (κ2) is 7.68. The predicted molar refractivity (Wildman–Crippen MR) is 112 cm³/mol. The number of nitrogens with one attached hydrogen (secondary N) is 1. The van der Waals surface area contributed by atoms with Crippen molar-refractivity contribution in [1.82, 2.24) is 10.2 Å². The number of halogens is 2. The van der Waals surface area contributed by atoms with Gasteiger partial charge >= 0.3 is 0 Å². The van der Waals surface area contributed by atoms with Crippen LogP contribution in [0.4, 0.5) is 0 Å². The summed E-state index contributed by atoms with van der Waals surface area (Å²) in [5.41, 5.74) is 1.76. The van der Waals surface area contributed by atoms with Crippen LogP contribution in [0.25, 0.3) is 0 Å². The van der Waals surface area contributed by atoms with E-state index >= 15 is 0 Å². The molecule has 1 aliphatic carbocycles. The number of hydrogen-bond acceptors (Lipinski definition) is 6. The summed E-state index contributed by atoms with van der Waals surface area (Å²) in [6.07, 6.45) is 6.63. The minimum Gasteiger partial charge on any atom is -0.358 e. The lowest BCUT2D eigenvalue weighted by molar-refractivity contribution is 0.280. The van der Waals surface area contributed by atoms with Crippen LogP contribution in [-0.4, -0.2) is 45.2 Å². The molecule has 24 heavy (non-hydrogen) atoms. The van der Waals surface area contributed by atoms with Crippen molar-refractivity contribution in [2.75, 3.05) is 18.8 Å². The number of thioether (sulfide) groups is 2. The first kappa shape index (κ1) is 20.3. The van der Waals surface area contributed by atoms with E-state index in [9.17, 15) is 0 Å². The summed E-state index contributed by atoms with van der Waals surface area (Å²) in [7, 11) is 0. The zero-order valence-electron chi connectivity index (χ0n) is 14.2. The van der Waals surface area contributed by atoms with Gasteiger partial charge in [0.15, 0.2) is 10.3 Å². The van der Waals surface area contributed by atoms with Crippen molar-refractivity contribution >= 4 is 58.7 Å². The van der Waals surface area contributed by atoms with Gasteiger partial charge in [-0.25, -0.2) is 0 Å². The van der Waals surface area contributed by atoms with Crippen molar-refractivity contribution in [3.05, 3.63) is 11.1 Å². The highest BCUT2D eigenvalue weighted by atomic mass is 35.5. The molecule has 4 nitrogen and oxygen atoms in total. The van der Waals surface area contributed by atoms with E-state index in [1.807, 2.05) is 23.5 Å². The molecule has 3 heterocycles. The van der Waals surface area contributed by atoms with Crippen LogP contribution in [0.2, 0.25) is 0 Å². The lowest BCUT2D eigenvalue weighted by Gasteiger charge is -2.31. The number of rotatable bonds is 2. The van der Waals surface area contributed by atoms with Crippen molar-refractivity contribution in [3.8, 4) is 0 Å². The van der Waals surface area contributed by atoms with Crippen molar-refractivity contribution in [3.63, 3.8) is 0 Å². The summed E-state index contributed by atoms with van der Waals surface area (Å²) in [6, 6.07) is 0. The van der Waals surface area contributed by atoms with E-state index in [-0.39, 0.29) is 35.9 Å². The van der Waals surface area contributed by atoms with Gasteiger partial charge in [0.2, 0.25) is 0 Å². The van der Waals surface area contributed by atoms with Gasteiger partial charge in [-0.2, -0.15) is 0 Å². The van der Waals surface area contributed by atoms with Gasteiger partial charge < -0.3 is 10.2 Å². The van der Waals surface area contributed by atoms with E-state index in [1.165, 1.54) is 43.0 Å². The monoisotopic (exact) mass is 408 g/mol. The Hall–Kier alpha value is -0.0400. The molecular formula is C16H26Cl2N4S2. The molecule has 0 radical (unpaired) electrons. The van der Waals surface area contributed by atoms with Gasteiger partial charge in [0.25, 0.3) is 0 Å². The Kier molecular flexibility index (Phi) is 6.49. The van der Waals surface area contributed by atoms with Crippen LogP contribution < -0.4 is 5.32 Å². The summed E-state index contributed by atoms with van der Waals surface area (Å²) >= 11 is 3.64. The highest BCUT2D eigenvalue weighted by molar-refractivity contribution is 8.17. The molecule has 0 unspecified atom stereocenters. The fourth-order valence-electron chi connectivity index (χ4n) is 3.61. The molecular weight excluding hydrogens is 383 g/mol. The molecule has 0 saturated heterocycles. The van der Waals surface area contributed by atoms with Crippen molar-refractivity contribution in [1.29, 1.82) is 0 Å². The summed E-state index contributed by atoms with van der Waals surface area (Å²) < 4.78 is 0. The van der Waals surface area contributed by atoms with Crippen molar-refractivity contribution in [2.24, 2.45) is 9.98 Å². The maximum absolute atomic E-state index is 5.09. The van der Waals surface area contributed by atoms with E-state index in [2.05, 4.69) is 34.5 Å². The van der Waals surface area contributed by atoms with Crippen LogP contribution in [0, 0.1) is 0 Å². The van der Waals surface area contributed by atoms with Crippen LogP contribution in [0.1, 0.15) is 46.0 Å². The smallest absolute Gasteiger partial charge is 0.168 e. The summed E-state index contributed by atoms with van der Waals surface area (Å²) in [4.78, 5) is 12.2. The molecule has 136 valence electrons. The van der Waals surface area contributed by atoms with Crippen LogP contribution in [0.5, 0.6) is 0 Å². The van der Waals surface area contributed by atoms with Gasteiger partial charge in [0.1, 0.15) is 0 Å². The average Bonchev–Trinajstić information content (AvgIpc) is 3.11. The molecule has 4 rings (SSSR count). The Labute approximate surface area is 165 Å². The fourth-order valence-corrected chi connectivity index (χ4v) is 5.75. The third-order valence-corrected chi connectivity index (χ3v) is 6.72. The Morgan fingerprint density at radius 3 is 2.67 bits per heavy atom. The van der Waals surface area contributed by atoms with Gasteiger partial charge in [-0.3, -0.25) is 9.98 Å². The zero-order valence-corrected chi connectivity index (χ0v) is 17.5. The molecule has 1 saturated carbocycles. The third kappa shape index (κ3) is 4.02. The quantitative estimate of drug-likeness (QED) is 0.740. The lowest BCUT2D eigenvalue weighted by atomic mass is 9.82.